The van der Waals surface area contributed by atoms with Gasteiger partial charge in [-0.05, 0) is 24.3 Å². The van der Waals surface area contributed by atoms with Crippen molar-refractivity contribution in [3.63, 3.8) is 0 Å². The number of halogens is 1. The molecule has 2 N–H and O–H groups in total. The summed E-state index contributed by atoms with van der Waals surface area (Å²) >= 11 is 5.87. The normalized spacial score (nSPS) is 13.4. The Morgan fingerprint density at radius 3 is 2.87 bits per heavy atom. The number of ether oxygens (including phenoxy) is 1. The van der Waals surface area contributed by atoms with E-state index in [4.69, 9.17) is 16.3 Å². The molecule has 3 rings (SSSR count). The Hall–Kier alpha value is -2.32. The number of aromatic nitrogens is 1. The summed E-state index contributed by atoms with van der Waals surface area (Å²) in [6, 6.07) is 5.72. The third-order valence-corrected chi connectivity index (χ3v) is 4.94. The van der Waals surface area contributed by atoms with E-state index in [0.717, 1.165) is 0 Å². The van der Waals surface area contributed by atoms with Gasteiger partial charge in [-0.1, -0.05) is 11.6 Å². The third-order valence-electron chi connectivity index (χ3n) is 3.30. The van der Waals surface area contributed by atoms with Gasteiger partial charge in [0.1, 0.15) is 10.6 Å². The van der Waals surface area contributed by atoms with Gasteiger partial charge in [0.05, 0.1) is 36.8 Å². The Morgan fingerprint density at radius 2 is 2.13 bits per heavy atom. The zero-order chi connectivity index (χ0) is 16.6. The van der Waals surface area contributed by atoms with Crippen molar-refractivity contribution in [3.8, 4) is 5.75 Å². The third kappa shape index (κ3) is 2.95. The lowest BCUT2D eigenvalue weighted by molar-refractivity contribution is 0.0966. The van der Waals surface area contributed by atoms with Crippen LogP contribution >= 0.6 is 11.6 Å². The van der Waals surface area contributed by atoms with Crippen LogP contribution in [0.4, 0.5) is 5.69 Å². The molecule has 2 heterocycles. The Bertz CT molecular complexity index is 899. The van der Waals surface area contributed by atoms with Crippen molar-refractivity contribution in [1.82, 2.24) is 10.3 Å². The summed E-state index contributed by atoms with van der Waals surface area (Å²) in [7, 11) is -2.58. The second-order valence-electron chi connectivity index (χ2n) is 4.80. The quantitative estimate of drug-likeness (QED) is 0.873. The predicted molar refractivity (Wildman–Crippen MR) is 84.2 cm³/mol. The lowest BCUT2D eigenvalue weighted by atomic mass is 10.2. The Labute approximate surface area is 137 Å². The van der Waals surface area contributed by atoms with Gasteiger partial charge in [0, 0.05) is 5.02 Å². The molecule has 0 fully saturated rings. The van der Waals surface area contributed by atoms with E-state index in [9.17, 15) is 13.2 Å². The average molecular weight is 354 g/mol. The number of sulfonamides is 1. The molecule has 23 heavy (non-hydrogen) atoms. The minimum Gasteiger partial charge on any atom is -0.495 e. The zero-order valence-corrected chi connectivity index (χ0v) is 13.5. The molecule has 1 aromatic heterocycles. The molecule has 0 saturated heterocycles. The largest absolute Gasteiger partial charge is 0.495 e. The Morgan fingerprint density at radius 1 is 1.35 bits per heavy atom. The fraction of sp³-hybridized carbons (Fsp3) is 0.143. The van der Waals surface area contributed by atoms with Crippen LogP contribution in [-0.4, -0.2) is 26.4 Å². The number of nitrogens with zero attached hydrogens (tertiary/aromatic N) is 1. The number of carbonyl (C=O) groups is 1. The highest BCUT2D eigenvalue weighted by atomic mass is 35.5. The van der Waals surface area contributed by atoms with E-state index < -0.39 is 10.0 Å². The number of benzene rings is 1. The molecule has 0 saturated carbocycles. The molecular formula is C14H12ClN3O4S. The summed E-state index contributed by atoms with van der Waals surface area (Å²) < 4.78 is 32.5. The van der Waals surface area contributed by atoms with E-state index in [2.05, 4.69) is 15.0 Å². The highest BCUT2D eigenvalue weighted by molar-refractivity contribution is 7.92. The molecule has 1 amide bonds. The number of rotatable bonds is 4. The molecule has 0 unspecified atom stereocenters. The first kappa shape index (κ1) is 15.6. The van der Waals surface area contributed by atoms with Gasteiger partial charge < -0.3 is 10.1 Å². The maximum atomic E-state index is 12.5. The van der Waals surface area contributed by atoms with Crippen molar-refractivity contribution in [2.24, 2.45) is 0 Å². The van der Waals surface area contributed by atoms with E-state index in [1.807, 2.05) is 0 Å². The standard InChI is InChI=1S/C14H12ClN3O4S/c1-22-12-3-2-8(15)4-13(12)23(20,21)18-9-5-10-11(16-6-9)7-17-14(10)19/h2-6,18H,7H2,1H3,(H,17,19). The Balaban J connectivity index is 1.98. The first-order valence-electron chi connectivity index (χ1n) is 6.54. The van der Waals surface area contributed by atoms with Gasteiger partial charge in [0.2, 0.25) is 0 Å². The van der Waals surface area contributed by atoms with Gasteiger partial charge in [-0.25, -0.2) is 8.42 Å². The van der Waals surface area contributed by atoms with Gasteiger partial charge in [0.25, 0.3) is 15.9 Å². The first-order valence-corrected chi connectivity index (χ1v) is 8.40. The minimum atomic E-state index is -3.94. The molecule has 1 aliphatic rings. The number of anilines is 1. The molecule has 7 nitrogen and oxygen atoms in total. The van der Waals surface area contributed by atoms with Gasteiger partial charge in [-0.3, -0.25) is 14.5 Å². The lowest BCUT2D eigenvalue weighted by Crippen LogP contribution is -2.15. The number of fused-ring (bicyclic) bond motifs is 1. The van der Waals surface area contributed by atoms with Crippen molar-refractivity contribution >= 4 is 33.2 Å². The maximum absolute atomic E-state index is 12.5. The van der Waals surface area contributed by atoms with Gasteiger partial charge >= 0.3 is 0 Å². The summed E-state index contributed by atoms with van der Waals surface area (Å²) in [5, 5.41) is 2.88. The highest BCUT2D eigenvalue weighted by Gasteiger charge is 2.24. The van der Waals surface area contributed by atoms with E-state index in [-0.39, 0.29) is 27.3 Å². The highest BCUT2D eigenvalue weighted by Crippen LogP contribution is 2.29. The van der Waals surface area contributed by atoms with Crippen LogP contribution in [-0.2, 0) is 16.6 Å². The molecule has 0 atom stereocenters. The second-order valence-corrected chi connectivity index (χ2v) is 6.89. The van der Waals surface area contributed by atoms with Crippen molar-refractivity contribution in [2.45, 2.75) is 11.4 Å². The molecule has 9 heteroatoms. The number of carbonyl (C=O) groups excluding carboxylic acids is 1. The van der Waals surface area contributed by atoms with Crippen LogP contribution in [0.15, 0.2) is 35.4 Å². The second kappa shape index (κ2) is 5.71. The van der Waals surface area contributed by atoms with Crippen LogP contribution in [0.25, 0.3) is 0 Å². The van der Waals surface area contributed by atoms with Crippen molar-refractivity contribution in [3.05, 3.63) is 46.7 Å². The summed E-state index contributed by atoms with van der Waals surface area (Å²) in [5.74, 6) is -0.123. The fourth-order valence-electron chi connectivity index (χ4n) is 2.22. The maximum Gasteiger partial charge on any atom is 0.265 e. The van der Waals surface area contributed by atoms with Crippen molar-refractivity contribution < 1.29 is 17.9 Å². The summed E-state index contributed by atoms with van der Waals surface area (Å²) in [4.78, 5) is 15.6. The Kier molecular flexibility index (Phi) is 3.87. The smallest absolute Gasteiger partial charge is 0.265 e. The van der Waals surface area contributed by atoms with Gasteiger partial charge in [0.15, 0.2) is 0 Å². The monoisotopic (exact) mass is 353 g/mol. The van der Waals surface area contributed by atoms with E-state index in [1.54, 1.807) is 0 Å². The molecule has 0 aliphatic carbocycles. The van der Waals surface area contributed by atoms with Crippen LogP contribution in [0.3, 0.4) is 0 Å². The summed E-state index contributed by atoms with van der Waals surface area (Å²) in [6.07, 6.45) is 1.35. The van der Waals surface area contributed by atoms with Crippen LogP contribution in [0.1, 0.15) is 16.1 Å². The molecular weight excluding hydrogens is 342 g/mol. The summed E-state index contributed by atoms with van der Waals surface area (Å²) in [5.41, 5.74) is 1.12. The van der Waals surface area contributed by atoms with Crippen molar-refractivity contribution in [1.29, 1.82) is 0 Å². The van der Waals surface area contributed by atoms with Crippen LogP contribution in [0, 0.1) is 0 Å². The van der Waals surface area contributed by atoms with Crippen LogP contribution in [0.2, 0.25) is 5.02 Å². The molecule has 0 bridgehead atoms. The number of pyridine rings is 1. The molecule has 0 spiro atoms. The molecule has 0 radical (unpaired) electrons. The zero-order valence-electron chi connectivity index (χ0n) is 12.0. The molecule has 1 aliphatic heterocycles. The minimum absolute atomic E-state index is 0.0996. The van der Waals surface area contributed by atoms with E-state index in [0.29, 0.717) is 17.8 Å². The van der Waals surface area contributed by atoms with Gasteiger partial charge in [-0.15, -0.1) is 0 Å². The summed E-state index contributed by atoms with van der Waals surface area (Å²) in [6.45, 7) is 0.337. The average Bonchev–Trinajstić information content (AvgIpc) is 2.88. The lowest BCUT2D eigenvalue weighted by Gasteiger charge is -2.12. The molecule has 120 valence electrons. The fourth-order valence-corrected chi connectivity index (χ4v) is 3.68. The SMILES string of the molecule is COc1ccc(Cl)cc1S(=O)(=O)Nc1cnc2c(c1)C(=O)NC2. The van der Waals surface area contributed by atoms with E-state index in [1.165, 1.54) is 37.6 Å². The topological polar surface area (TPSA) is 97.4 Å². The number of hydrogen-bond donors (Lipinski definition) is 2. The van der Waals surface area contributed by atoms with Gasteiger partial charge in [-0.2, -0.15) is 0 Å². The number of amides is 1. The van der Waals surface area contributed by atoms with E-state index >= 15 is 0 Å². The van der Waals surface area contributed by atoms with Crippen molar-refractivity contribution in [2.75, 3.05) is 11.8 Å². The molecule has 2 aromatic rings. The molecule has 1 aromatic carbocycles. The van der Waals surface area contributed by atoms with Crippen LogP contribution < -0.4 is 14.8 Å². The number of hydrogen-bond acceptors (Lipinski definition) is 5. The van der Waals surface area contributed by atoms with Crippen LogP contribution in [0.5, 0.6) is 5.75 Å². The number of methoxy groups -OCH3 is 1. The predicted octanol–water partition coefficient (Wildman–Crippen LogP) is 1.79. The first-order chi connectivity index (χ1) is 10.9. The number of nitrogens with one attached hydrogen (secondary N) is 2.